The van der Waals surface area contributed by atoms with Gasteiger partial charge in [-0.1, -0.05) is 50.6 Å². The molecule has 2 heteroatoms. The standard InChI is InChI=1S/C17H23NS/c1-3-8-15(4-2)18-13-16-11-12-17(19-16)14-9-6-5-7-10-14/h5-7,9-12,15,18H,3-4,8,13H2,1-2H3. The Labute approximate surface area is 120 Å². The van der Waals surface area contributed by atoms with Crippen LogP contribution in [0.5, 0.6) is 0 Å². The third-order valence-electron chi connectivity index (χ3n) is 3.41. The summed E-state index contributed by atoms with van der Waals surface area (Å²) in [7, 11) is 0. The first-order valence-corrected chi connectivity index (χ1v) is 8.02. The van der Waals surface area contributed by atoms with Gasteiger partial charge in [-0.3, -0.25) is 0 Å². The van der Waals surface area contributed by atoms with Crippen molar-refractivity contribution in [2.24, 2.45) is 0 Å². The summed E-state index contributed by atoms with van der Waals surface area (Å²) in [5.74, 6) is 0. The molecule has 2 rings (SSSR count). The minimum absolute atomic E-state index is 0.660. The lowest BCUT2D eigenvalue weighted by atomic mass is 10.1. The number of hydrogen-bond donors (Lipinski definition) is 1. The molecular weight excluding hydrogens is 250 g/mol. The maximum Gasteiger partial charge on any atom is 0.0346 e. The fraction of sp³-hybridized carbons (Fsp3) is 0.412. The van der Waals surface area contributed by atoms with Crippen molar-refractivity contribution < 1.29 is 0 Å². The Morgan fingerprint density at radius 1 is 1.05 bits per heavy atom. The molecule has 0 bridgehead atoms. The molecule has 1 unspecified atom stereocenters. The van der Waals surface area contributed by atoms with Gasteiger partial charge in [-0.2, -0.15) is 0 Å². The van der Waals surface area contributed by atoms with E-state index < -0.39 is 0 Å². The van der Waals surface area contributed by atoms with E-state index in [0.29, 0.717) is 6.04 Å². The monoisotopic (exact) mass is 273 g/mol. The molecule has 0 amide bonds. The van der Waals surface area contributed by atoms with E-state index in [2.05, 4.69) is 61.6 Å². The molecule has 1 aromatic heterocycles. The van der Waals surface area contributed by atoms with E-state index in [4.69, 9.17) is 0 Å². The zero-order chi connectivity index (χ0) is 13.5. The summed E-state index contributed by atoms with van der Waals surface area (Å²) in [6.07, 6.45) is 3.74. The first kappa shape index (κ1) is 14.3. The fourth-order valence-electron chi connectivity index (χ4n) is 2.27. The van der Waals surface area contributed by atoms with Crippen molar-refractivity contribution in [3.63, 3.8) is 0 Å². The van der Waals surface area contributed by atoms with E-state index in [0.717, 1.165) is 6.54 Å². The minimum atomic E-state index is 0.660. The van der Waals surface area contributed by atoms with Crippen molar-refractivity contribution in [2.45, 2.75) is 45.7 Å². The van der Waals surface area contributed by atoms with Crippen LogP contribution in [0.25, 0.3) is 10.4 Å². The summed E-state index contributed by atoms with van der Waals surface area (Å²) < 4.78 is 0. The molecule has 1 aromatic carbocycles. The van der Waals surface area contributed by atoms with Gasteiger partial charge in [0.15, 0.2) is 0 Å². The Morgan fingerprint density at radius 3 is 2.53 bits per heavy atom. The first-order chi connectivity index (χ1) is 9.33. The van der Waals surface area contributed by atoms with Crippen LogP contribution < -0.4 is 5.32 Å². The number of thiophene rings is 1. The highest BCUT2D eigenvalue weighted by Gasteiger charge is 2.06. The predicted molar refractivity (Wildman–Crippen MR) is 85.6 cm³/mol. The molecule has 2 aromatic rings. The Balaban J connectivity index is 1.94. The Hall–Kier alpha value is -1.12. The van der Waals surface area contributed by atoms with Crippen LogP contribution in [0.1, 0.15) is 38.0 Å². The second-order valence-corrected chi connectivity index (χ2v) is 6.08. The van der Waals surface area contributed by atoms with Gasteiger partial charge in [-0.05, 0) is 30.5 Å². The van der Waals surface area contributed by atoms with E-state index in [1.165, 1.54) is 34.6 Å². The molecule has 1 atom stereocenters. The van der Waals surface area contributed by atoms with Crippen molar-refractivity contribution >= 4 is 11.3 Å². The number of rotatable bonds is 7. The molecule has 0 saturated heterocycles. The summed E-state index contributed by atoms with van der Waals surface area (Å²) in [5.41, 5.74) is 1.32. The van der Waals surface area contributed by atoms with Gasteiger partial charge >= 0.3 is 0 Å². The third kappa shape index (κ3) is 4.19. The molecule has 1 nitrogen and oxygen atoms in total. The molecule has 0 spiro atoms. The smallest absolute Gasteiger partial charge is 0.0346 e. The topological polar surface area (TPSA) is 12.0 Å². The second-order valence-electron chi connectivity index (χ2n) is 4.91. The molecule has 0 radical (unpaired) electrons. The molecule has 0 fully saturated rings. The van der Waals surface area contributed by atoms with Gasteiger partial charge < -0.3 is 5.32 Å². The van der Waals surface area contributed by atoms with Gasteiger partial charge in [0, 0.05) is 22.3 Å². The number of nitrogens with one attached hydrogen (secondary N) is 1. The second kappa shape index (κ2) is 7.46. The van der Waals surface area contributed by atoms with E-state index in [-0.39, 0.29) is 0 Å². The highest BCUT2D eigenvalue weighted by Crippen LogP contribution is 2.27. The average Bonchev–Trinajstić information content (AvgIpc) is 2.93. The first-order valence-electron chi connectivity index (χ1n) is 7.21. The van der Waals surface area contributed by atoms with Crippen molar-refractivity contribution in [1.82, 2.24) is 5.32 Å². The molecule has 1 N–H and O–H groups in total. The summed E-state index contributed by atoms with van der Waals surface area (Å²) in [6, 6.07) is 15.8. The van der Waals surface area contributed by atoms with Gasteiger partial charge in [0.1, 0.15) is 0 Å². The summed E-state index contributed by atoms with van der Waals surface area (Å²) in [5, 5.41) is 3.66. The van der Waals surface area contributed by atoms with Crippen LogP contribution in [0.15, 0.2) is 42.5 Å². The van der Waals surface area contributed by atoms with Gasteiger partial charge in [0.2, 0.25) is 0 Å². The quantitative estimate of drug-likeness (QED) is 0.741. The zero-order valence-electron chi connectivity index (χ0n) is 11.9. The van der Waals surface area contributed by atoms with Crippen molar-refractivity contribution in [3.05, 3.63) is 47.3 Å². The predicted octanol–water partition coefficient (Wildman–Crippen LogP) is 5.08. The van der Waals surface area contributed by atoms with Gasteiger partial charge in [-0.25, -0.2) is 0 Å². The largest absolute Gasteiger partial charge is 0.309 e. The Bertz CT molecular complexity index is 475. The number of hydrogen-bond acceptors (Lipinski definition) is 2. The third-order valence-corrected chi connectivity index (χ3v) is 4.55. The average molecular weight is 273 g/mol. The summed E-state index contributed by atoms with van der Waals surface area (Å²) in [6.45, 7) is 5.51. The Morgan fingerprint density at radius 2 is 1.84 bits per heavy atom. The fourth-order valence-corrected chi connectivity index (χ4v) is 3.24. The molecule has 19 heavy (non-hydrogen) atoms. The molecule has 0 aliphatic carbocycles. The van der Waals surface area contributed by atoms with Crippen molar-refractivity contribution in [3.8, 4) is 10.4 Å². The lowest BCUT2D eigenvalue weighted by molar-refractivity contribution is 0.464. The minimum Gasteiger partial charge on any atom is -0.309 e. The van der Waals surface area contributed by atoms with E-state index in [9.17, 15) is 0 Å². The van der Waals surface area contributed by atoms with Gasteiger partial charge in [0.05, 0.1) is 0 Å². The van der Waals surface area contributed by atoms with Crippen LogP contribution in [-0.4, -0.2) is 6.04 Å². The molecule has 0 saturated carbocycles. The molecule has 102 valence electrons. The SMILES string of the molecule is CCCC(CC)NCc1ccc(-c2ccccc2)s1. The van der Waals surface area contributed by atoms with E-state index >= 15 is 0 Å². The van der Waals surface area contributed by atoms with Crippen LogP contribution in [-0.2, 0) is 6.54 Å². The van der Waals surface area contributed by atoms with E-state index in [1.54, 1.807) is 0 Å². The maximum atomic E-state index is 3.66. The van der Waals surface area contributed by atoms with Crippen LogP contribution in [0, 0.1) is 0 Å². The zero-order valence-corrected chi connectivity index (χ0v) is 12.7. The van der Waals surface area contributed by atoms with Crippen molar-refractivity contribution in [1.29, 1.82) is 0 Å². The summed E-state index contributed by atoms with van der Waals surface area (Å²) >= 11 is 1.89. The van der Waals surface area contributed by atoms with Gasteiger partial charge in [-0.15, -0.1) is 11.3 Å². The highest BCUT2D eigenvalue weighted by molar-refractivity contribution is 7.15. The molecule has 1 heterocycles. The lowest BCUT2D eigenvalue weighted by Gasteiger charge is -2.15. The van der Waals surface area contributed by atoms with Gasteiger partial charge in [0.25, 0.3) is 0 Å². The van der Waals surface area contributed by atoms with Crippen molar-refractivity contribution in [2.75, 3.05) is 0 Å². The molecule has 0 aliphatic rings. The molecular formula is C17H23NS. The highest BCUT2D eigenvalue weighted by atomic mass is 32.1. The Kier molecular flexibility index (Phi) is 5.62. The number of benzene rings is 1. The lowest BCUT2D eigenvalue weighted by Crippen LogP contribution is -2.27. The van der Waals surface area contributed by atoms with Crippen LogP contribution >= 0.6 is 11.3 Å². The maximum absolute atomic E-state index is 3.66. The summed E-state index contributed by atoms with van der Waals surface area (Å²) in [4.78, 5) is 2.79. The normalized spacial score (nSPS) is 12.5. The van der Waals surface area contributed by atoms with Crippen LogP contribution in [0.3, 0.4) is 0 Å². The van der Waals surface area contributed by atoms with Crippen LogP contribution in [0.2, 0.25) is 0 Å². The van der Waals surface area contributed by atoms with Crippen LogP contribution in [0.4, 0.5) is 0 Å². The van der Waals surface area contributed by atoms with E-state index in [1.807, 2.05) is 11.3 Å². The molecule has 0 aliphatic heterocycles.